The Morgan fingerprint density at radius 1 is 1.14 bits per heavy atom. The lowest BCUT2D eigenvalue weighted by atomic mass is 10.3. The van der Waals surface area contributed by atoms with E-state index in [0.29, 0.717) is 14.7 Å². The Morgan fingerprint density at radius 2 is 1.86 bits per heavy atom. The summed E-state index contributed by atoms with van der Waals surface area (Å²) >= 11 is 12.3. The molecule has 0 atom stereocenters. The number of fused-ring (bicyclic) bond motifs is 1. The summed E-state index contributed by atoms with van der Waals surface area (Å²) in [6, 6.07) is 11.2. The minimum absolute atomic E-state index is 0.158. The predicted molar refractivity (Wildman–Crippen MR) is 89.3 cm³/mol. The van der Waals surface area contributed by atoms with Crippen molar-refractivity contribution in [1.82, 2.24) is 4.98 Å². The van der Waals surface area contributed by atoms with E-state index in [1.54, 1.807) is 12.1 Å². The molecule has 2 N–H and O–H groups in total. The van der Waals surface area contributed by atoms with Gasteiger partial charge in [0.25, 0.3) is 10.0 Å². The Kier molecular flexibility index (Phi) is 3.75. The first-order valence-electron chi connectivity index (χ1n) is 5.85. The Balaban J connectivity index is 1.96. The minimum Gasteiger partial charge on any atom is -0.337 e. The van der Waals surface area contributed by atoms with Gasteiger partial charge in [0.05, 0.1) is 20.8 Å². The standard InChI is InChI=1S/C13H9ClN2O2S3/c14-8-1-4-10(5-2-8)21(17,18)16-9-3-6-12-11(7-9)15-13(19)20-12/h1-7,16H,(H,15,19). The van der Waals surface area contributed by atoms with Crippen LogP contribution in [0, 0.1) is 3.95 Å². The van der Waals surface area contributed by atoms with Crippen molar-refractivity contribution in [3.8, 4) is 0 Å². The molecule has 0 saturated heterocycles. The third kappa shape index (κ3) is 3.11. The van der Waals surface area contributed by atoms with E-state index in [-0.39, 0.29) is 4.90 Å². The molecule has 3 rings (SSSR count). The summed E-state index contributed by atoms with van der Waals surface area (Å²) in [4.78, 5) is 3.17. The number of rotatable bonds is 3. The average Bonchev–Trinajstić information content (AvgIpc) is 2.78. The van der Waals surface area contributed by atoms with Gasteiger partial charge in [-0.25, -0.2) is 8.42 Å². The predicted octanol–water partition coefficient (Wildman–Crippen LogP) is 4.41. The zero-order valence-electron chi connectivity index (χ0n) is 10.5. The third-order valence-electron chi connectivity index (χ3n) is 2.80. The number of benzene rings is 2. The first kappa shape index (κ1) is 14.5. The van der Waals surface area contributed by atoms with Gasteiger partial charge in [0, 0.05) is 5.02 Å². The first-order chi connectivity index (χ1) is 9.94. The molecule has 108 valence electrons. The molecular weight excluding hydrogens is 348 g/mol. The molecule has 0 amide bonds. The van der Waals surface area contributed by atoms with Crippen LogP contribution in [0.1, 0.15) is 0 Å². The quantitative estimate of drug-likeness (QED) is 0.683. The highest BCUT2D eigenvalue weighted by Crippen LogP contribution is 2.24. The van der Waals surface area contributed by atoms with Crippen molar-refractivity contribution in [2.45, 2.75) is 4.90 Å². The fourth-order valence-corrected chi connectivity index (χ4v) is 4.11. The molecule has 0 radical (unpaired) electrons. The van der Waals surface area contributed by atoms with Crippen LogP contribution in [0.25, 0.3) is 10.2 Å². The fourth-order valence-electron chi connectivity index (χ4n) is 1.84. The molecule has 0 aliphatic rings. The second-order valence-electron chi connectivity index (χ2n) is 4.28. The van der Waals surface area contributed by atoms with E-state index < -0.39 is 10.0 Å². The summed E-state index contributed by atoms with van der Waals surface area (Å²) in [6.07, 6.45) is 0. The van der Waals surface area contributed by atoms with E-state index >= 15 is 0 Å². The summed E-state index contributed by atoms with van der Waals surface area (Å²) < 4.78 is 28.7. The molecule has 0 saturated carbocycles. The number of hydrogen-bond donors (Lipinski definition) is 2. The van der Waals surface area contributed by atoms with Crippen LogP contribution in [0.4, 0.5) is 5.69 Å². The van der Waals surface area contributed by atoms with Crippen LogP contribution in [-0.2, 0) is 10.0 Å². The molecule has 1 aromatic heterocycles. The Hall–Kier alpha value is -1.41. The number of anilines is 1. The second kappa shape index (κ2) is 5.42. The number of aromatic amines is 1. The fraction of sp³-hybridized carbons (Fsp3) is 0. The molecule has 4 nitrogen and oxygen atoms in total. The van der Waals surface area contributed by atoms with Crippen molar-refractivity contribution in [1.29, 1.82) is 0 Å². The van der Waals surface area contributed by atoms with Crippen molar-refractivity contribution >= 4 is 61.1 Å². The van der Waals surface area contributed by atoms with Gasteiger partial charge >= 0.3 is 0 Å². The SMILES string of the molecule is O=S(=O)(Nc1ccc2sc(=S)[nH]c2c1)c1ccc(Cl)cc1. The van der Waals surface area contributed by atoms with Crippen LogP contribution in [0.2, 0.25) is 5.02 Å². The number of hydrogen-bond acceptors (Lipinski definition) is 4. The van der Waals surface area contributed by atoms with Gasteiger partial charge in [0.15, 0.2) is 3.95 Å². The molecule has 0 aliphatic heterocycles. The number of H-pyrrole nitrogens is 1. The van der Waals surface area contributed by atoms with E-state index in [0.717, 1.165) is 10.2 Å². The highest BCUT2D eigenvalue weighted by Gasteiger charge is 2.14. The normalized spacial score (nSPS) is 11.7. The van der Waals surface area contributed by atoms with Crippen LogP contribution in [0.3, 0.4) is 0 Å². The van der Waals surface area contributed by atoms with E-state index in [9.17, 15) is 8.42 Å². The third-order valence-corrected chi connectivity index (χ3v) is 5.66. The van der Waals surface area contributed by atoms with Crippen LogP contribution < -0.4 is 4.72 Å². The van der Waals surface area contributed by atoms with Crippen LogP contribution in [0.15, 0.2) is 47.4 Å². The van der Waals surface area contributed by atoms with Gasteiger partial charge in [-0.05, 0) is 54.7 Å². The van der Waals surface area contributed by atoms with Gasteiger partial charge in [-0.1, -0.05) is 11.6 Å². The molecule has 0 spiro atoms. The summed E-state index contributed by atoms with van der Waals surface area (Å²) in [6.45, 7) is 0. The molecule has 8 heteroatoms. The topological polar surface area (TPSA) is 62.0 Å². The number of halogens is 1. The van der Waals surface area contributed by atoms with E-state index in [1.165, 1.54) is 35.6 Å². The zero-order valence-corrected chi connectivity index (χ0v) is 13.7. The number of thiazole rings is 1. The van der Waals surface area contributed by atoms with E-state index in [2.05, 4.69) is 9.71 Å². The van der Waals surface area contributed by atoms with Gasteiger partial charge in [0.2, 0.25) is 0 Å². The van der Waals surface area contributed by atoms with Crippen molar-refractivity contribution in [3.63, 3.8) is 0 Å². The summed E-state index contributed by atoms with van der Waals surface area (Å²) in [5, 5.41) is 0.487. The molecule has 0 bridgehead atoms. The molecule has 0 aliphatic carbocycles. The summed E-state index contributed by atoms with van der Waals surface area (Å²) in [5.41, 5.74) is 1.28. The minimum atomic E-state index is -3.64. The molecule has 0 fully saturated rings. The summed E-state index contributed by atoms with van der Waals surface area (Å²) in [5.74, 6) is 0. The van der Waals surface area contributed by atoms with Gasteiger partial charge in [0.1, 0.15) is 0 Å². The maximum atomic E-state index is 12.3. The van der Waals surface area contributed by atoms with Gasteiger partial charge in [-0.3, -0.25) is 4.72 Å². The van der Waals surface area contributed by atoms with Gasteiger partial charge < -0.3 is 4.98 Å². The van der Waals surface area contributed by atoms with Crippen molar-refractivity contribution in [3.05, 3.63) is 51.4 Å². The second-order valence-corrected chi connectivity index (χ2v) is 8.12. The summed E-state index contributed by atoms with van der Waals surface area (Å²) in [7, 11) is -3.64. The van der Waals surface area contributed by atoms with Crippen LogP contribution in [0.5, 0.6) is 0 Å². The van der Waals surface area contributed by atoms with Crippen molar-refractivity contribution in [2.24, 2.45) is 0 Å². The lowest BCUT2D eigenvalue weighted by Crippen LogP contribution is -2.12. The molecule has 21 heavy (non-hydrogen) atoms. The molecule has 0 unspecified atom stereocenters. The van der Waals surface area contributed by atoms with Crippen LogP contribution >= 0.6 is 35.2 Å². The molecule has 3 aromatic rings. The van der Waals surface area contributed by atoms with Gasteiger partial charge in [-0.15, -0.1) is 11.3 Å². The molecule has 1 heterocycles. The van der Waals surface area contributed by atoms with Crippen molar-refractivity contribution in [2.75, 3.05) is 4.72 Å². The monoisotopic (exact) mass is 356 g/mol. The van der Waals surface area contributed by atoms with Crippen LogP contribution in [-0.4, -0.2) is 13.4 Å². The maximum absolute atomic E-state index is 12.3. The number of sulfonamides is 1. The Morgan fingerprint density at radius 3 is 2.57 bits per heavy atom. The Bertz CT molecular complexity index is 959. The largest absolute Gasteiger partial charge is 0.337 e. The zero-order chi connectivity index (χ0) is 15.0. The average molecular weight is 357 g/mol. The lowest BCUT2D eigenvalue weighted by Gasteiger charge is -2.08. The number of aromatic nitrogens is 1. The van der Waals surface area contributed by atoms with Gasteiger partial charge in [-0.2, -0.15) is 0 Å². The highest BCUT2D eigenvalue weighted by atomic mass is 35.5. The first-order valence-corrected chi connectivity index (χ1v) is 8.94. The smallest absolute Gasteiger partial charge is 0.261 e. The lowest BCUT2D eigenvalue weighted by molar-refractivity contribution is 0.601. The van der Waals surface area contributed by atoms with Crippen molar-refractivity contribution < 1.29 is 8.42 Å². The number of nitrogens with one attached hydrogen (secondary N) is 2. The maximum Gasteiger partial charge on any atom is 0.261 e. The highest BCUT2D eigenvalue weighted by molar-refractivity contribution is 7.92. The van der Waals surface area contributed by atoms with E-state index in [4.69, 9.17) is 23.8 Å². The molecule has 2 aromatic carbocycles. The Labute approximate surface area is 135 Å². The molecular formula is C13H9ClN2O2S3. The van der Waals surface area contributed by atoms with E-state index in [1.807, 2.05) is 6.07 Å².